The lowest BCUT2D eigenvalue weighted by molar-refractivity contribution is -0.141. The second kappa shape index (κ2) is 11.2. The zero-order valence-electron chi connectivity index (χ0n) is 18.5. The van der Waals surface area contributed by atoms with Crippen LogP contribution in [0, 0.1) is 0 Å². The van der Waals surface area contributed by atoms with Crippen LogP contribution in [-0.4, -0.2) is 44.1 Å². The molecule has 0 aliphatic rings. The first-order valence-corrected chi connectivity index (χ1v) is 10.7. The molecule has 1 heterocycles. The number of alkyl halides is 3. The zero-order valence-corrected chi connectivity index (χ0v) is 19.2. The van der Waals surface area contributed by atoms with Gasteiger partial charge in [0.25, 0.3) is 0 Å². The predicted molar refractivity (Wildman–Crippen MR) is 119 cm³/mol. The van der Waals surface area contributed by atoms with Crippen LogP contribution in [-0.2, 0) is 22.3 Å². The molecule has 3 N–H and O–H groups in total. The van der Waals surface area contributed by atoms with Gasteiger partial charge in [0.15, 0.2) is 0 Å². The lowest BCUT2D eigenvalue weighted by Gasteiger charge is -2.15. The Morgan fingerprint density at radius 1 is 1.14 bits per heavy atom. The van der Waals surface area contributed by atoms with E-state index in [4.69, 9.17) is 25.9 Å². The van der Waals surface area contributed by atoms with Gasteiger partial charge in [-0.1, -0.05) is 11.6 Å². The number of nitrogens with one attached hydrogen (secondary N) is 1. The van der Waals surface area contributed by atoms with E-state index < -0.39 is 54.4 Å². The van der Waals surface area contributed by atoms with E-state index in [0.717, 1.165) is 28.9 Å². The van der Waals surface area contributed by atoms with E-state index in [2.05, 4.69) is 5.10 Å². The van der Waals surface area contributed by atoms with E-state index in [-0.39, 0.29) is 34.3 Å². The van der Waals surface area contributed by atoms with Crippen molar-refractivity contribution in [1.29, 1.82) is 0 Å². The van der Waals surface area contributed by atoms with Crippen molar-refractivity contribution in [2.24, 2.45) is 0 Å². The van der Waals surface area contributed by atoms with E-state index in [0.29, 0.717) is 0 Å². The molecule has 3 aromatic rings. The van der Waals surface area contributed by atoms with Gasteiger partial charge in [-0.05, 0) is 48.9 Å². The van der Waals surface area contributed by atoms with Gasteiger partial charge in [-0.15, -0.1) is 5.10 Å². The van der Waals surface area contributed by atoms with Gasteiger partial charge in [0.2, 0.25) is 5.89 Å². The molecule has 0 spiro atoms. The van der Waals surface area contributed by atoms with Crippen molar-refractivity contribution < 1.29 is 46.9 Å². The average Bonchev–Trinajstić information content (AvgIpc) is 3.17. The average molecular weight is 544 g/mol. The monoisotopic (exact) mass is 543 g/mol. The van der Waals surface area contributed by atoms with Crippen molar-refractivity contribution in [3.8, 4) is 17.2 Å². The standard InChI is InChI=1S/C22H17ClF3N3O8/c23-14-5-7-16(36-20(34)27-15(19(32)33)6-8-17(30)31)12(9-14)10-29-21(35)37-18(28-29)11-1-3-13(4-2-11)22(24,25)26/h1-5,7,9,15H,6,8,10H2,(H,27,34)(H,30,31)(H,32,33). The minimum absolute atomic E-state index is 0.104. The number of carboxylic acid groups (broad SMARTS) is 2. The number of nitrogens with zero attached hydrogens (tertiary/aromatic N) is 2. The highest BCUT2D eigenvalue weighted by Gasteiger charge is 2.30. The Kier molecular flexibility index (Phi) is 8.22. The summed E-state index contributed by atoms with van der Waals surface area (Å²) >= 11 is 6.00. The van der Waals surface area contributed by atoms with Crippen molar-refractivity contribution in [3.05, 3.63) is 69.2 Å². The summed E-state index contributed by atoms with van der Waals surface area (Å²) in [6.07, 6.45) is -6.66. The maximum absolute atomic E-state index is 12.8. The summed E-state index contributed by atoms with van der Waals surface area (Å²) in [6.45, 7) is -0.340. The molecule has 3 rings (SSSR count). The largest absolute Gasteiger partial charge is 0.481 e. The minimum Gasteiger partial charge on any atom is -0.481 e. The molecular formula is C22H17ClF3N3O8. The van der Waals surface area contributed by atoms with Gasteiger partial charge in [-0.2, -0.15) is 17.9 Å². The van der Waals surface area contributed by atoms with Gasteiger partial charge < -0.3 is 24.7 Å². The third-order valence-electron chi connectivity index (χ3n) is 4.85. The summed E-state index contributed by atoms with van der Waals surface area (Å²) in [4.78, 5) is 46.5. The Hall–Kier alpha value is -4.33. The van der Waals surface area contributed by atoms with Crippen LogP contribution in [0.4, 0.5) is 18.0 Å². The van der Waals surface area contributed by atoms with Crippen molar-refractivity contribution in [2.45, 2.75) is 31.6 Å². The fourth-order valence-electron chi connectivity index (χ4n) is 3.05. The SMILES string of the molecule is O=C(O)CCC(NC(=O)Oc1ccc(Cl)cc1Cn1nc(-c2ccc(C(F)(F)F)cc2)oc1=O)C(=O)O. The second-order valence-electron chi connectivity index (χ2n) is 7.52. The molecule has 0 saturated heterocycles. The number of amides is 1. The van der Waals surface area contributed by atoms with E-state index in [1.807, 2.05) is 5.32 Å². The molecule has 2 aromatic carbocycles. The fraction of sp³-hybridized carbons (Fsp3) is 0.227. The van der Waals surface area contributed by atoms with Gasteiger partial charge in [-0.3, -0.25) is 4.79 Å². The number of ether oxygens (including phenoxy) is 1. The first kappa shape index (κ1) is 27.3. The number of benzene rings is 2. The highest BCUT2D eigenvalue weighted by molar-refractivity contribution is 6.30. The fourth-order valence-corrected chi connectivity index (χ4v) is 3.25. The maximum Gasteiger partial charge on any atom is 0.437 e. The van der Waals surface area contributed by atoms with Crippen LogP contribution in [0.25, 0.3) is 11.5 Å². The van der Waals surface area contributed by atoms with Crippen LogP contribution < -0.4 is 15.8 Å². The van der Waals surface area contributed by atoms with Crippen LogP contribution in [0.3, 0.4) is 0 Å². The Morgan fingerprint density at radius 3 is 2.41 bits per heavy atom. The third kappa shape index (κ3) is 7.33. The lowest BCUT2D eigenvalue weighted by atomic mass is 10.1. The van der Waals surface area contributed by atoms with Crippen molar-refractivity contribution in [1.82, 2.24) is 15.1 Å². The molecule has 1 atom stereocenters. The molecule has 196 valence electrons. The molecular weight excluding hydrogens is 527 g/mol. The highest BCUT2D eigenvalue weighted by Crippen LogP contribution is 2.30. The Balaban J connectivity index is 1.79. The molecule has 0 bridgehead atoms. The van der Waals surface area contributed by atoms with Crippen LogP contribution >= 0.6 is 11.6 Å². The smallest absolute Gasteiger partial charge is 0.437 e. The number of carboxylic acids is 2. The summed E-state index contributed by atoms with van der Waals surface area (Å²) in [5, 5.41) is 24.1. The van der Waals surface area contributed by atoms with Gasteiger partial charge in [-0.25, -0.2) is 14.4 Å². The van der Waals surface area contributed by atoms with Gasteiger partial charge in [0.1, 0.15) is 11.8 Å². The number of hydrogen-bond acceptors (Lipinski definition) is 7. The molecule has 0 aliphatic carbocycles. The van der Waals surface area contributed by atoms with E-state index in [1.165, 1.54) is 18.2 Å². The summed E-state index contributed by atoms with van der Waals surface area (Å²) < 4.78 is 49.3. The maximum atomic E-state index is 12.8. The summed E-state index contributed by atoms with van der Waals surface area (Å²) in [5.74, 6) is -4.08. The third-order valence-corrected chi connectivity index (χ3v) is 5.08. The minimum atomic E-state index is -4.55. The Labute approximate surface area is 210 Å². The predicted octanol–water partition coefficient (Wildman–Crippen LogP) is 3.63. The van der Waals surface area contributed by atoms with Crippen molar-refractivity contribution in [3.63, 3.8) is 0 Å². The summed E-state index contributed by atoms with van der Waals surface area (Å²) in [5.41, 5.74) is -0.647. The van der Waals surface area contributed by atoms with Crippen LogP contribution in [0.5, 0.6) is 5.75 Å². The number of carbonyl (C=O) groups is 3. The number of halogens is 4. The summed E-state index contributed by atoms with van der Waals surface area (Å²) in [7, 11) is 0. The number of aliphatic carboxylic acids is 2. The van der Waals surface area contributed by atoms with Gasteiger partial charge >= 0.3 is 30.0 Å². The zero-order chi connectivity index (χ0) is 27.3. The molecule has 0 saturated carbocycles. The highest BCUT2D eigenvalue weighted by atomic mass is 35.5. The first-order chi connectivity index (χ1) is 17.3. The van der Waals surface area contributed by atoms with E-state index in [9.17, 15) is 37.5 Å². The number of rotatable bonds is 9. The molecule has 15 heteroatoms. The van der Waals surface area contributed by atoms with Crippen molar-refractivity contribution in [2.75, 3.05) is 0 Å². The Bertz CT molecular complexity index is 1370. The number of carbonyl (C=O) groups excluding carboxylic acids is 1. The summed E-state index contributed by atoms with van der Waals surface area (Å²) in [6, 6.07) is 6.19. The molecule has 0 fully saturated rings. The molecule has 11 nitrogen and oxygen atoms in total. The second-order valence-corrected chi connectivity index (χ2v) is 7.95. The molecule has 1 aromatic heterocycles. The lowest BCUT2D eigenvalue weighted by Crippen LogP contribution is -2.42. The normalized spacial score (nSPS) is 12.1. The number of aromatic nitrogens is 2. The van der Waals surface area contributed by atoms with Crippen molar-refractivity contribution >= 4 is 29.6 Å². The molecule has 0 radical (unpaired) electrons. The molecule has 1 unspecified atom stereocenters. The van der Waals surface area contributed by atoms with Gasteiger partial charge in [0, 0.05) is 22.6 Å². The topological polar surface area (TPSA) is 161 Å². The van der Waals surface area contributed by atoms with Gasteiger partial charge in [0.05, 0.1) is 12.1 Å². The Morgan fingerprint density at radius 2 is 1.81 bits per heavy atom. The van der Waals surface area contributed by atoms with Crippen LogP contribution in [0.15, 0.2) is 51.7 Å². The molecule has 0 aliphatic heterocycles. The number of hydrogen-bond donors (Lipinski definition) is 3. The molecule has 37 heavy (non-hydrogen) atoms. The van der Waals surface area contributed by atoms with Crippen LogP contribution in [0.1, 0.15) is 24.0 Å². The quantitative estimate of drug-likeness (QED) is 0.366. The van der Waals surface area contributed by atoms with Crippen LogP contribution in [0.2, 0.25) is 5.02 Å². The molecule has 1 amide bonds. The van der Waals surface area contributed by atoms with E-state index >= 15 is 0 Å². The first-order valence-electron chi connectivity index (χ1n) is 10.3. The van der Waals surface area contributed by atoms with E-state index in [1.54, 1.807) is 0 Å².